The Balaban J connectivity index is 1.55. The number of rotatable bonds is 5. The summed E-state index contributed by atoms with van der Waals surface area (Å²) in [6.45, 7) is 16.8. The van der Waals surface area contributed by atoms with Crippen LogP contribution < -0.4 is 0 Å². The van der Waals surface area contributed by atoms with E-state index in [0.717, 1.165) is 30.8 Å². The fraction of sp³-hybridized carbons (Fsp3) is 0.833. The molecule has 0 amide bonds. The van der Waals surface area contributed by atoms with Gasteiger partial charge in [0.1, 0.15) is 0 Å². The molecule has 2 heteroatoms. The van der Waals surface area contributed by atoms with Gasteiger partial charge in [-0.3, -0.25) is 4.79 Å². The van der Waals surface area contributed by atoms with E-state index < -0.39 is 6.10 Å². The maximum atomic E-state index is 13.3. The number of allylic oxidation sites excluding steroid dienone is 3. The van der Waals surface area contributed by atoms with Crippen LogP contribution >= 0.6 is 0 Å². The summed E-state index contributed by atoms with van der Waals surface area (Å²) in [7, 11) is 0. The Kier molecular flexibility index (Phi) is 6.60. The highest BCUT2D eigenvalue weighted by molar-refractivity contribution is 5.98. The Morgan fingerprint density at radius 3 is 2.28 bits per heavy atom. The van der Waals surface area contributed by atoms with Crippen molar-refractivity contribution in [1.29, 1.82) is 0 Å². The molecule has 0 radical (unpaired) electrons. The third-order valence-corrected chi connectivity index (χ3v) is 10.8. The molecule has 0 unspecified atom stereocenters. The van der Waals surface area contributed by atoms with Crippen molar-refractivity contribution in [2.24, 2.45) is 58.2 Å². The van der Waals surface area contributed by atoms with Gasteiger partial charge in [-0.1, -0.05) is 60.6 Å². The lowest BCUT2D eigenvalue weighted by molar-refractivity contribution is -0.129. The second-order valence-corrected chi connectivity index (χ2v) is 13.1. The van der Waals surface area contributed by atoms with E-state index in [9.17, 15) is 9.90 Å². The van der Waals surface area contributed by atoms with Crippen LogP contribution in [0.25, 0.3) is 0 Å². The van der Waals surface area contributed by atoms with Crippen molar-refractivity contribution in [3.8, 4) is 0 Å². The first-order valence-corrected chi connectivity index (χ1v) is 13.6. The fourth-order valence-corrected chi connectivity index (χ4v) is 9.09. The van der Waals surface area contributed by atoms with Crippen LogP contribution in [-0.2, 0) is 4.79 Å². The van der Waals surface area contributed by atoms with Crippen molar-refractivity contribution < 1.29 is 9.90 Å². The molecule has 0 aliphatic heterocycles. The summed E-state index contributed by atoms with van der Waals surface area (Å²) in [6, 6.07) is 0. The lowest BCUT2D eigenvalue weighted by atomic mass is 9.46. The zero-order valence-corrected chi connectivity index (χ0v) is 21.7. The largest absolute Gasteiger partial charge is 0.389 e. The van der Waals surface area contributed by atoms with Gasteiger partial charge in [-0.2, -0.15) is 0 Å². The molecule has 0 bridgehead atoms. The van der Waals surface area contributed by atoms with Gasteiger partial charge in [0.05, 0.1) is 6.10 Å². The quantitative estimate of drug-likeness (QED) is 0.458. The van der Waals surface area contributed by atoms with Crippen LogP contribution in [0, 0.1) is 58.2 Å². The monoisotopic (exact) mass is 440 g/mol. The van der Waals surface area contributed by atoms with Gasteiger partial charge in [-0.25, -0.2) is 0 Å². The Hall–Kier alpha value is -0.890. The Morgan fingerprint density at radius 2 is 1.62 bits per heavy atom. The number of Topliss-reactive ketones (excluding diaryl/α,β-unsaturated/α-hetero) is 1. The lowest BCUT2D eigenvalue weighted by Gasteiger charge is -2.58. The summed E-state index contributed by atoms with van der Waals surface area (Å²) in [5.41, 5.74) is 1.33. The number of hydrogen-bond donors (Lipinski definition) is 1. The third-order valence-electron chi connectivity index (χ3n) is 10.8. The Labute approximate surface area is 197 Å². The summed E-state index contributed by atoms with van der Waals surface area (Å²) >= 11 is 0. The molecule has 0 aromatic heterocycles. The third kappa shape index (κ3) is 3.87. The number of hydrogen-bond acceptors (Lipinski definition) is 2. The van der Waals surface area contributed by atoms with Crippen molar-refractivity contribution in [1.82, 2.24) is 0 Å². The topological polar surface area (TPSA) is 37.3 Å². The van der Waals surface area contributed by atoms with Crippen molar-refractivity contribution >= 4 is 5.78 Å². The van der Waals surface area contributed by atoms with E-state index in [1.54, 1.807) is 0 Å². The van der Waals surface area contributed by atoms with E-state index in [0.29, 0.717) is 52.6 Å². The first kappa shape index (κ1) is 24.2. The molecule has 3 fully saturated rings. The van der Waals surface area contributed by atoms with E-state index >= 15 is 0 Å². The predicted octanol–water partition coefficient (Wildman–Crippen LogP) is 7.23. The van der Waals surface area contributed by atoms with Gasteiger partial charge in [0.15, 0.2) is 5.78 Å². The molecule has 32 heavy (non-hydrogen) atoms. The molecule has 180 valence electrons. The second-order valence-electron chi connectivity index (χ2n) is 13.1. The summed E-state index contributed by atoms with van der Waals surface area (Å²) in [6.07, 6.45) is 14.3. The normalized spacial score (nSPS) is 42.9. The summed E-state index contributed by atoms with van der Waals surface area (Å²) in [4.78, 5) is 13.3. The smallest absolute Gasteiger partial charge is 0.159 e. The van der Waals surface area contributed by atoms with Crippen LogP contribution in [0.1, 0.15) is 93.4 Å². The van der Waals surface area contributed by atoms with Crippen molar-refractivity contribution in [3.05, 3.63) is 23.8 Å². The average Bonchev–Trinajstić information content (AvgIpc) is 3.06. The zero-order chi connectivity index (χ0) is 23.4. The minimum Gasteiger partial charge on any atom is -0.389 e. The standard InChI is InChI=1S/C30H48O2/c1-18(2)22(19(3)4)9-8-20(5)24-10-11-25-23-17-28(32)27-16-21(31)12-14-30(27,7)26(23)13-15-29(24,25)6/h8-9,16,18-26,31H,10-15,17H2,1-7H3/b9-8+/t20-,21+,23+,24-,25+,26+,29-,30-/m1/s1. The van der Waals surface area contributed by atoms with E-state index in [4.69, 9.17) is 0 Å². The van der Waals surface area contributed by atoms with E-state index in [1.165, 1.54) is 25.7 Å². The number of fused-ring (bicyclic) bond motifs is 5. The molecule has 3 saturated carbocycles. The highest BCUT2D eigenvalue weighted by Crippen LogP contribution is 2.67. The van der Waals surface area contributed by atoms with Crippen LogP contribution in [0.3, 0.4) is 0 Å². The van der Waals surface area contributed by atoms with Gasteiger partial charge < -0.3 is 5.11 Å². The van der Waals surface area contributed by atoms with Crippen LogP contribution in [0.15, 0.2) is 23.8 Å². The molecule has 4 rings (SSSR count). The van der Waals surface area contributed by atoms with E-state index in [-0.39, 0.29) is 5.41 Å². The molecule has 0 saturated heterocycles. The average molecular weight is 441 g/mol. The van der Waals surface area contributed by atoms with Crippen molar-refractivity contribution in [3.63, 3.8) is 0 Å². The lowest BCUT2D eigenvalue weighted by Crippen LogP contribution is -2.53. The number of ketones is 1. The molecule has 0 aromatic carbocycles. The zero-order valence-electron chi connectivity index (χ0n) is 21.7. The van der Waals surface area contributed by atoms with Gasteiger partial charge in [0.25, 0.3) is 0 Å². The van der Waals surface area contributed by atoms with Gasteiger partial charge >= 0.3 is 0 Å². The molecular formula is C30H48O2. The van der Waals surface area contributed by atoms with Gasteiger partial charge in [0.2, 0.25) is 0 Å². The minimum absolute atomic E-state index is 0.00802. The molecular weight excluding hydrogens is 392 g/mol. The van der Waals surface area contributed by atoms with Crippen molar-refractivity contribution in [2.75, 3.05) is 0 Å². The number of aliphatic hydroxyl groups excluding tert-OH is 1. The number of aliphatic hydroxyl groups is 1. The fourth-order valence-electron chi connectivity index (χ4n) is 9.09. The Bertz CT molecular complexity index is 768. The SMILES string of the molecule is CC(C)C(/C=C/[C@@H](C)[C@H]1CC[C@H]2[C@@H]3CC(=O)C4=C[C@@H](O)CC[C@]4(C)[C@H]3CC[C@]12C)C(C)C. The molecule has 4 aliphatic carbocycles. The number of carbonyl (C=O) groups is 1. The van der Waals surface area contributed by atoms with Crippen LogP contribution in [0.4, 0.5) is 0 Å². The van der Waals surface area contributed by atoms with Crippen molar-refractivity contribution in [2.45, 2.75) is 99.5 Å². The first-order valence-electron chi connectivity index (χ1n) is 13.6. The predicted molar refractivity (Wildman–Crippen MR) is 133 cm³/mol. The minimum atomic E-state index is -0.420. The van der Waals surface area contributed by atoms with Gasteiger partial charge in [-0.05, 0) is 108 Å². The maximum Gasteiger partial charge on any atom is 0.159 e. The number of carbonyl (C=O) groups excluding carboxylic acids is 1. The van der Waals surface area contributed by atoms with Crippen LogP contribution in [0.2, 0.25) is 0 Å². The molecule has 0 spiro atoms. The second kappa shape index (κ2) is 8.71. The molecule has 0 aromatic rings. The molecule has 0 heterocycles. The van der Waals surface area contributed by atoms with E-state index in [1.807, 2.05) is 6.08 Å². The Morgan fingerprint density at radius 1 is 0.938 bits per heavy atom. The highest BCUT2D eigenvalue weighted by Gasteiger charge is 2.60. The van der Waals surface area contributed by atoms with Crippen LogP contribution in [-0.4, -0.2) is 17.0 Å². The van der Waals surface area contributed by atoms with Gasteiger partial charge in [0, 0.05) is 6.42 Å². The molecule has 4 aliphatic rings. The first-order chi connectivity index (χ1) is 15.0. The van der Waals surface area contributed by atoms with Gasteiger partial charge in [-0.15, -0.1) is 0 Å². The maximum absolute atomic E-state index is 13.3. The molecule has 8 atom stereocenters. The summed E-state index contributed by atoms with van der Waals surface area (Å²) in [5.74, 6) is 5.55. The molecule has 1 N–H and O–H groups in total. The summed E-state index contributed by atoms with van der Waals surface area (Å²) in [5, 5.41) is 10.2. The summed E-state index contributed by atoms with van der Waals surface area (Å²) < 4.78 is 0. The highest BCUT2D eigenvalue weighted by atomic mass is 16.3. The molecule has 2 nitrogen and oxygen atoms in total. The van der Waals surface area contributed by atoms with Crippen LogP contribution in [0.5, 0.6) is 0 Å². The van der Waals surface area contributed by atoms with E-state index in [2.05, 4.69) is 60.6 Å².